The first kappa shape index (κ1) is 13.4. The van der Waals surface area contributed by atoms with Crippen LogP contribution in [-0.4, -0.2) is 18.5 Å². The summed E-state index contributed by atoms with van der Waals surface area (Å²) >= 11 is 5.88. The Labute approximate surface area is 113 Å². The van der Waals surface area contributed by atoms with E-state index < -0.39 is 0 Å². The van der Waals surface area contributed by atoms with Gasteiger partial charge in [0.1, 0.15) is 0 Å². The number of amides is 1. The largest absolute Gasteiger partial charge is 0.351 e. The fourth-order valence-electron chi connectivity index (χ4n) is 2.28. The number of carbonyl (C=O) groups excluding carboxylic acids is 1. The molecular weight excluding hydrogens is 248 g/mol. The van der Waals surface area contributed by atoms with Crippen LogP contribution in [0.25, 0.3) is 0 Å². The maximum absolute atomic E-state index is 11.7. The maximum atomic E-state index is 11.7. The molecule has 0 heterocycles. The van der Waals surface area contributed by atoms with Gasteiger partial charge >= 0.3 is 0 Å². The van der Waals surface area contributed by atoms with Crippen LogP contribution in [0.5, 0.6) is 0 Å². The van der Waals surface area contributed by atoms with E-state index in [1.807, 2.05) is 24.3 Å². The fourth-order valence-corrected chi connectivity index (χ4v) is 2.49. The van der Waals surface area contributed by atoms with Crippen molar-refractivity contribution in [3.8, 4) is 0 Å². The van der Waals surface area contributed by atoms with Crippen LogP contribution < -0.4 is 10.6 Å². The monoisotopic (exact) mass is 266 g/mol. The summed E-state index contributed by atoms with van der Waals surface area (Å²) in [6, 6.07) is 8.07. The van der Waals surface area contributed by atoms with Gasteiger partial charge in [0.2, 0.25) is 5.91 Å². The molecule has 0 radical (unpaired) electrons. The predicted octanol–water partition coefficient (Wildman–Crippen LogP) is 2.49. The molecule has 0 bridgehead atoms. The van der Waals surface area contributed by atoms with Crippen molar-refractivity contribution in [3.05, 3.63) is 34.9 Å². The zero-order chi connectivity index (χ0) is 12.8. The first-order chi connectivity index (χ1) is 8.74. The Kier molecular flexibility index (Phi) is 5.02. The molecule has 0 aliphatic heterocycles. The van der Waals surface area contributed by atoms with Crippen LogP contribution in [0.1, 0.15) is 31.2 Å². The van der Waals surface area contributed by atoms with Gasteiger partial charge in [-0.05, 0) is 30.5 Å². The van der Waals surface area contributed by atoms with Crippen molar-refractivity contribution < 1.29 is 4.79 Å². The summed E-state index contributed by atoms with van der Waals surface area (Å²) < 4.78 is 0. The Morgan fingerprint density at radius 2 is 2.11 bits per heavy atom. The van der Waals surface area contributed by atoms with Crippen molar-refractivity contribution in [3.63, 3.8) is 0 Å². The van der Waals surface area contributed by atoms with Gasteiger partial charge in [-0.1, -0.05) is 36.6 Å². The molecule has 18 heavy (non-hydrogen) atoms. The second-order valence-electron chi connectivity index (χ2n) is 4.77. The molecule has 4 heteroatoms. The number of rotatable bonds is 5. The molecule has 2 rings (SSSR count). The van der Waals surface area contributed by atoms with E-state index in [4.69, 9.17) is 11.6 Å². The van der Waals surface area contributed by atoms with Gasteiger partial charge in [0.15, 0.2) is 0 Å². The van der Waals surface area contributed by atoms with Gasteiger partial charge < -0.3 is 10.6 Å². The van der Waals surface area contributed by atoms with Crippen LogP contribution in [0.3, 0.4) is 0 Å². The molecule has 3 nitrogen and oxygen atoms in total. The first-order valence-corrected chi connectivity index (χ1v) is 6.86. The average molecular weight is 267 g/mol. The summed E-state index contributed by atoms with van der Waals surface area (Å²) in [6.45, 7) is 0.941. The topological polar surface area (TPSA) is 41.1 Å². The van der Waals surface area contributed by atoms with Gasteiger partial charge in [0, 0.05) is 17.6 Å². The van der Waals surface area contributed by atoms with Gasteiger partial charge in [-0.2, -0.15) is 0 Å². The molecule has 0 aromatic heterocycles. The summed E-state index contributed by atoms with van der Waals surface area (Å²) in [4.78, 5) is 11.7. The molecule has 98 valence electrons. The highest BCUT2D eigenvalue weighted by molar-refractivity contribution is 6.30. The lowest BCUT2D eigenvalue weighted by atomic mass is 10.2. The zero-order valence-electron chi connectivity index (χ0n) is 10.4. The molecule has 1 aromatic carbocycles. The van der Waals surface area contributed by atoms with Crippen molar-refractivity contribution in [2.45, 2.75) is 38.3 Å². The Bertz CT molecular complexity index is 403. The van der Waals surface area contributed by atoms with Gasteiger partial charge in [-0.25, -0.2) is 0 Å². The molecule has 0 unspecified atom stereocenters. The molecule has 0 atom stereocenters. The molecule has 1 aromatic rings. The van der Waals surface area contributed by atoms with Gasteiger partial charge in [-0.3, -0.25) is 4.79 Å². The Morgan fingerprint density at radius 1 is 1.33 bits per heavy atom. The van der Waals surface area contributed by atoms with Gasteiger partial charge in [0.25, 0.3) is 0 Å². The van der Waals surface area contributed by atoms with E-state index in [-0.39, 0.29) is 5.91 Å². The highest BCUT2D eigenvalue weighted by Crippen LogP contribution is 2.17. The minimum atomic E-state index is 0.0434. The highest BCUT2D eigenvalue weighted by atomic mass is 35.5. The van der Waals surface area contributed by atoms with Crippen molar-refractivity contribution in [1.82, 2.24) is 10.6 Å². The summed E-state index contributed by atoms with van der Waals surface area (Å²) in [5, 5.41) is 6.88. The summed E-state index contributed by atoms with van der Waals surface area (Å²) in [6.07, 6.45) is 4.95. The molecule has 1 aliphatic rings. The normalized spacial score (nSPS) is 15.8. The standard InChI is InChI=1S/C14H19ClN2O/c15-12-5-3-4-11(8-12)9-17-14(18)10-16-13-6-1-2-7-13/h3-5,8,13,16H,1-2,6-7,9-10H2,(H,17,18). The Balaban J connectivity index is 1.68. The van der Waals surface area contributed by atoms with Crippen LogP contribution in [0, 0.1) is 0 Å². The van der Waals surface area contributed by atoms with Crippen LogP contribution in [0.15, 0.2) is 24.3 Å². The van der Waals surface area contributed by atoms with E-state index in [1.54, 1.807) is 0 Å². The number of carbonyl (C=O) groups is 1. The second-order valence-corrected chi connectivity index (χ2v) is 5.21. The molecule has 1 fully saturated rings. The van der Waals surface area contributed by atoms with E-state index >= 15 is 0 Å². The third-order valence-corrected chi connectivity index (χ3v) is 3.52. The molecule has 1 amide bonds. The van der Waals surface area contributed by atoms with E-state index in [0.717, 1.165) is 5.56 Å². The average Bonchev–Trinajstić information content (AvgIpc) is 2.87. The van der Waals surface area contributed by atoms with Crippen molar-refractivity contribution in [2.75, 3.05) is 6.54 Å². The molecule has 1 saturated carbocycles. The number of hydrogen-bond donors (Lipinski definition) is 2. The van der Waals surface area contributed by atoms with Crippen LogP contribution >= 0.6 is 11.6 Å². The zero-order valence-corrected chi connectivity index (χ0v) is 11.2. The van der Waals surface area contributed by atoms with Crippen molar-refractivity contribution >= 4 is 17.5 Å². The summed E-state index contributed by atoms with van der Waals surface area (Å²) in [7, 11) is 0. The van der Waals surface area contributed by atoms with E-state index in [0.29, 0.717) is 24.2 Å². The number of nitrogens with one attached hydrogen (secondary N) is 2. The van der Waals surface area contributed by atoms with E-state index in [1.165, 1.54) is 25.7 Å². The van der Waals surface area contributed by atoms with E-state index in [2.05, 4.69) is 10.6 Å². The predicted molar refractivity (Wildman–Crippen MR) is 73.6 cm³/mol. The summed E-state index contributed by atoms with van der Waals surface area (Å²) in [5.41, 5.74) is 1.02. The maximum Gasteiger partial charge on any atom is 0.234 e. The molecule has 1 aliphatic carbocycles. The van der Waals surface area contributed by atoms with Crippen molar-refractivity contribution in [2.24, 2.45) is 0 Å². The molecule has 2 N–H and O–H groups in total. The lowest BCUT2D eigenvalue weighted by Gasteiger charge is -2.11. The minimum absolute atomic E-state index is 0.0434. The quantitative estimate of drug-likeness (QED) is 0.860. The third-order valence-electron chi connectivity index (χ3n) is 3.29. The Morgan fingerprint density at radius 3 is 2.83 bits per heavy atom. The molecule has 0 spiro atoms. The van der Waals surface area contributed by atoms with Crippen LogP contribution in [0.2, 0.25) is 5.02 Å². The smallest absolute Gasteiger partial charge is 0.234 e. The number of hydrogen-bond acceptors (Lipinski definition) is 2. The van der Waals surface area contributed by atoms with Gasteiger partial charge in [-0.15, -0.1) is 0 Å². The molecular formula is C14H19ClN2O. The highest BCUT2D eigenvalue weighted by Gasteiger charge is 2.14. The minimum Gasteiger partial charge on any atom is -0.351 e. The SMILES string of the molecule is O=C(CNC1CCCC1)NCc1cccc(Cl)c1. The Hall–Kier alpha value is -1.06. The number of halogens is 1. The van der Waals surface area contributed by atoms with E-state index in [9.17, 15) is 4.79 Å². The fraction of sp³-hybridized carbons (Fsp3) is 0.500. The second kappa shape index (κ2) is 6.76. The van der Waals surface area contributed by atoms with Crippen molar-refractivity contribution in [1.29, 1.82) is 0 Å². The van der Waals surface area contributed by atoms with Crippen LogP contribution in [0.4, 0.5) is 0 Å². The lowest BCUT2D eigenvalue weighted by Crippen LogP contribution is -2.37. The first-order valence-electron chi connectivity index (χ1n) is 6.48. The number of benzene rings is 1. The van der Waals surface area contributed by atoms with Crippen LogP contribution in [-0.2, 0) is 11.3 Å². The van der Waals surface area contributed by atoms with Gasteiger partial charge in [0.05, 0.1) is 6.54 Å². The lowest BCUT2D eigenvalue weighted by molar-refractivity contribution is -0.120. The molecule has 0 saturated heterocycles. The summed E-state index contributed by atoms with van der Waals surface area (Å²) in [5.74, 6) is 0.0434. The third kappa shape index (κ3) is 4.31.